The van der Waals surface area contributed by atoms with Crippen molar-refractivity contribution in [2.45, 2.75) is 57.5 Å². The highest BCUT2D eigenvalue weighted by atomic mass is 32.2. The van der Waals surface area contributed by atoms with Crippen LogP contribution in [0, 0.1) is 6.92 Å². The number of aromatic nitrogens is 3. The van der Waals surface area contributed by atoms with Crippen LogP contribution in [0.25, 0.3) is 10.7 Å². The average molecular weight is 415 g/mol. The largest absolute Gasteiger partial charge is 0.325 e. The van der Waals surface area contributed by atoms with E-state index in [1.54, 1.807) is 11.3 Å². The lowest BCUT2D eigenvalue weighted by Gasteiger charge is -2.18. The summed E-state index contributed by atoms with van der Waals surface area (Å²) in [6, 6.07) is 10.2. The summed E-state index contributed by atoms with van der Waals surface area (Å²) in [6.45, 7) is 11.0. The minimum Gasteiger partial charge on any atom is -0.325 e. The lowest BCUT2D eigenvalue weighted by Crippen LogP contribution is -2.24. The minimum absolute atomic E-state index is 0.0236. The predicted octanol–water partition coefficient (Wildman–Crippen LogP) is 5.58. The number of hydrogen-bond acceptors (Lipinski definition) is 5. The van der Waals surface area contributed by atoms with Gasteiger partial charge in [0.25, 0.3) is 0 Å². The number of benzene rings is 1. The van der Waals surface area contributed by atoms with Crippen LogP contribution >= 0.6 is 23.1 Å². The Morgan fingerprint density at radius 1 is 1.21 bits per heavy atom. The van der Waals surface area contributed by atoms with E-state index in [0.717, 1.165) is 39.2 Å². The maximum atomic E-state index is 12.9. The first kappa shape index (κ1) is 20.6. The molecule has 2 heterocycles. The molecule has 1 amide bonds. The number of amides is 1. The fourth-order valence-corrected chi connectivity index (χ4v) is 4.66. The summed E-state index contributed by atoms with van der Waals surface area (Å²) in [5.41, 5.74) is 3.15. The van der Waals surface area contributed by atoms with Gasteiger partial charge >= 0.3 is 0 Å². The number of rotatable bonds is 7. The average Bonchev–Trinajstić information content (AvgIpc) is 3.32. The van der Waals surface area contributed by atoms with Gasteiger partial charge in [0.05, 0.1) is 10.1 Å². The third-order valence-electron chi connectivity index (χ3n) is 4.60. The molecule has 148 valence electrons. The molecule has 1 unspecified atom stereocenters. The molecule has 3 aromatic rings. The second kappa shape index (κ2) is 8.92. The van der Waals surface area contributed by atoms with Crippen LogP contribution in [0.2, 0.25) is 0 Å². The van der Waals surface area contributed by atoms with Crippen molar-refractivity contribution < 1.29 is 4.79 Å². The van der Waals surface area contributed by atoms with E-state index < -0.39 is 0 Å². The van der Waals surface area contributed by atoms with E-state index in [4.69, 9.17) is 0 Å². The molecule has 0 spiro atoms. The molecule has 1 atom stereocenters. The third kappa shape index (κ3) is 4.31. The van der Waals surface area contributed by atoms with Crippen molar-refractivity contribution in [1.29, 1.82) is 0 Å². The summed E-state index contributed by atoms with van der Waals surface area (Å²) in [5.74, 6) is 1.17. The Morgan fingerprint density at radius 2 is 2.00 bits per heavy atom. The van der Waals surface area contributed by atoms with Gasteiger partial charge < -0.3 is 9.88 Å². The van der Waals surface area contributed by atoms with E-state index in [1.807, 2.05) is 43.5 Å². The van der Waals surface area contributed by atoms with Crippen molar-refractivity contribution in [1.82, 2.24) is 14.8 Å². The predicted molar refractivity (Wildman–Crippen MR) is 118 cm³/mol. The van der Waals surface area contributed by atoms with E-state index in [-0.39, 0.29) is 11.2 Å². The van der Waals surface area contributed by atoms with Gasteiger partial charge in [-0.3, -0.25) is 4.79 Å². The number of carbonyl (C=O) groups is 1. The summed E-state index contributed by atoms with van der Waals surface area (Å²) < 4.78 is 2.06. The molecule has 0 saturated carbocycles. The van der Waals surface area contributed by atoms with Crippen LogP contribution in [0.3, 0.4) is 0 Å². The fourth-order valence-electron chi connectivity index (χ4n) is 3.03. The first-order chi connectivity index (χ1) is 13.4. The number of carbonyl (C=O) groups excluding carboxylic acids is 1. The van der Waals surface area contributed by atoms with Gasteiger partial charge in [-0.05, 0) is 49.3 Å². The molecule has 0 aliphatic rings. The van der Waals surface area contributed by atoms with E-state index in [0.29, 0.717) is 5.92 Å². The molecule has 3 rings (SSSR count). The Kier molecular flexibility index (Phi) is 6.57. The molecular weight excluding hydrogens is 388 g/mol. The van der Waals surface area contributed by atoms with Crippen LogP contribution < -0.4 is 5.32 Å². The van der Waals surface area contributed by atoms with Crippen LogP contribution in [0.15, 0.2) is 40.9 Å². The highest BCUT2D eigenvalue weighted by molar-refractivity contribution is 8.00. The molecule has 28 heavy (non-hydrogen) atoms. The quantitative estimate of drug-likeness (QED) is 0.513. The number of thioether (sulfide) groups is 1. The number of anilines is 1. The highest BCUT2D eigenvalue weighted by Gasteiger charge is 2.22. The van der Waals surface area contributed by atoms with Gasteiger partial charge in [0.2, 0.25) is 5.91 Å². The monoisotopic (exact) mass is 414 g/mol. The molecule has 0 aliphatic heterocycles. The first-order valence-corrected chi connectivity index (χ1v) is 11.2. The SMILES string of the molecule is CCn1c(SC(C)C(=O)Nc2c(C)cccc2C(C)C)nnc1-c1cccs1. The topological polar surface area (TPSA) is 59.8 Å². The second-order valence-electron chi connectivity index (χ2n) is 6.97. The summed E-state index contributed by atoms with van der Waals surface area (Å²) in [4.78, 5) is 14.0. The number of thiophene rings is 1. The van der Waals surface area contributed by atoms with Crippen LogP contribution in [-0.4, -0.2) is 25.9 Å². The molecule has 5 nitrogen and oxygen atoms in total. The Hall–Kier alpha value is -2.12. The van der Waals surface area contributed by atoms with Gasteiger partial charge in [0.1, 0.15) is 0 Å². The van der Waals surface area contributed by atoms with Crippen LogP contribution in [0.1, 0.15) is 44.7 Å². The first-order valence-electron chi connectivity index (χ1n) is 9.46. The Balaban J connectivity index is 1.77. The van der Waals surface area contributed by atoms with E-state index >= 15 is 0 Å². The van der Waals surface area contributed by atoms with Crippen molar-refractivity contribution in [3.05, 3.63) is 46.8 Å². The molecule has 1 aromatic carbocycles. The van der Waals surface area contributed by atoms with Gasteiger partial charge in [-0.25, -0.2) is 0 Å². The van der Waals surface area contributed by atoms with Crippen molar-refractivity contribution in [3.8, 4) is 10.7 Å². The fraction of sp³-hybridized carbons (Fsp3) is 0.381. The van der Waals surface area contributed by atoms with E-state index in [9.17, 15) is 4.79 Å². The molecule has 0 saturated heterocycles. The Bertz CT molecular complexity index is 947. The highest BCUT2D eigenvalue weighted by Crippen LogP contribution is 2.31. The number of nitrogens with zero attached hydrogens (tertiary/aromatic N) is 3. The van der Waals surface area contributed by atoms with Crippen molar-refractivity contribution >= 4 is 34.7 Å². The molecule has 0 bridgehead atoms. The lowest BCUT2D eigenvalue weighted by atomic mass is 9.98. The van der Waals surface area contributed by atoms with Crippen molar-refractivity contribution in [2.24, 2.45) is 0 Å². The zero-order valence-corrected chi connectivity index (χ0v) is 18.5. The third-order valence-corrected chi connectivity index (χ3v) is 6.55. The molecular formula is C21H26N4OS2. The van der Waals surface area contributed by atoms with Crippen molar-refractivity contribution in [2.75, 3.05) is 5.32 Å². The zero-order valence-electron chi connectivity index (χ0n) is 16.9. The number of aryl methyl sites for hydroxylation is 1. The molecule has 1 N–H and O–H groups in total. The summed E-state index contributed by atoms with van der Waals surface area (Å²) in [6.07, 6.45) is 0. The van der Waals surface area contributed by atoms with Gasteiger partial charge in [-0.2, -0.15) is 0 Å². The summed E-state index contributed by atoms with van der Waals surface area (Å²) in [7, 11) is 0. The van der Waals surface area contributed by atoms with Gasteiger partial charge in [0, 0.05) is 12.2 Å². The maximum Gasteiger partial charge on any atom is 0.237 e. The zero-order chi connectivity index (χ0) is 20.3. The number of nitrogens with one attached hydrogen (secondary N) is 1. The molecule has 0 radical (unpaired) electrons. The van der Waals surface area contributed by atoms with Crippen molar-refractivity contribution in [3.63, 3.8) is 0 Å². The Morgan fingerprint density at radius 3 is 2.64 bits per heavy atom. The maximum absolute atomic E-state index is 12.9. The van der Waals surface area contributed by atoms with E-state index in [1.165, 1.54) is 11.8 Å². The Labute approximate surface area is 174 Å². The van der Waals surface area contributed by atoms with Gasteiger partial charge in [-0.15, -0.1) is 21.5 Å². The summed E-state index contributed by atoms with van der Waals surface area (Å²) in [5, 5.41) is 14.3. The number of para-hydroxylation sites is 1. The molecule has 7 heteroatoms. The summed E-state index contributed by atoms with van der Waals surface area (Å²) >= 11 is 3.08. The minimum atomic E-state index is -0.287. The smallest absolute Gasteiger partial charge is 0.237 e. The second-order valence-corrected chi connectivity index (χ2v) is 9.23. The van der Waals surface area contributed by atoms with Crippen LogP contribution in [0.5, 0.6) is 0 Å². The van der Waals surface area contributed by atoms with Crippen LogP contribution in [-0.2, 0) is 11.3 Å². The molecule has 0 fully saturated rings. The molecule has 0 aliphatic carbocycles. The standard InChI is InChI=1S/C21H26N4OS2/c1-6-25-19(17-11-8-12-27-17)23-24-21(25)28-15(5)20(26)22-18-14(4)9-7-10-16(18)13(2)3/h7-13,15H,6H2,1-5H3,(H,22,26). The van der Waals surface area contributed by atoms with Crippen LogP contribution in [0.4, 0.5) is 5.69 Å². The van der Waals surface area contributed by atoms with E-state index in [2.05, 4.69) is 46.9 Å². The van der Waals surface area contributed by atoms with Gasteiger partial charge in [0.15, 0.2) is 11.0 Å². The normalized spacial score (nSPS) is 12.4. The van der Waals surface area contributed by atoms with Gasteiger partial charge in [-0.1, -0.05) is 49.9 Å². The molecule has 2 aromatic heterocycles. The number of hydrogen-bond donors (Lipinski definition) is 1. The lowest BCUT2D eigenvalue weighted by molar-refractivity contribution is -0.115.